The van der Waals surface area contributed by atoms with E-state index in [1.165, 1.54) is 0 Å². The first kappa shape index (κ1) is 24.3. The van der Waals surface area contributed by atoms with Crippen LogP contribution >= 0.6 is 0 Å². The van der Waals surface area contributed by atoms with Crippen LogP contribution in [0.5, 0.6) is 0 Å². The zero-order chi connectivity index (χ0) is 19.7. The number of hydrogen-bond acceptors (Lipinski definition) is 4. The molecule has 0 aromatic carbocycles. The van der Waals surface area contributed by atoms with Crippen molar-refractivity contribution in [2.75, 3.05) is 0 Å². The van der Waals surface area contributed by atoms with Gasteiger partial charge in [-0.3, -0.25) is 0 Å². The summed E-state index contributed by atoms with van der Waals surface area (Å²) in [5, 5.41) is 34.2. The molecule has 0 fully saturated rings. The largest absolute Gasteiger partial charge is 0.478 e. The number of aliphatic carboxylic acids is 4. The summed E-state index contributed by atoms with van der Waals surface area (Å²) in [7, 11) is 0. The van der Waals surface area contributed by atoms with Gasteiger partial charge in [-0.05, 0) is 24.0 Å². The summed E-state index contributed by atoms with van der Waals surface area (Å²) in [6.07, 6.45) is 12.5. The van der Waals surface area contributed by atoms with E-state index in [1.54, 1.807) is 36.5 Å². The Morgan fingerprint density at radius 1 is 0.704 bits per heavy atom. The zero-order valence-corrected chi connectivity index (χ0v) is 16.5. The van der Waals surface area contributed by atoms with Gasteiger partial charge in [0.1, 0.15) is 0 Å². The van der Waals surface area contributed by atoms with E-state index in [0.29, 0.717) is 36.1 Å². The Bertz CT molecular complexity index is 741. The first-order valence-corrected chi connectivity index (χ1v) is 7.30. The number of rotatable bonds is 6. The fourth-order valence-electron chi connectivity index (χ4n) is 2.12. The first-order valence-electron chi connectivity index (χ1n) is 7.30. The van der Waals surface area contributed by atoms with E-state index in [2.05, 4.69) is 0 Å². The Kier molecular flexibility index (Phi) is 10.7. The molecule has 0 aliphatic heterocycles. The standard InChI is InChI=1S/2C9H8O4.Na/c2*10-8(11)5-7(9(12)13)6-3-1-2-4-6;/h2*1-3,5H,4H2,(H,10,11)(H,12,13);. The molecule has 0 bridgehead atoms. The van der Waals surface area contributed by atoms with Crippen molar-refractivity contribution < 1.29 is 39.6 Å². The molecule has 0 unspecified atom stereocenters. The molecule has 0 saturated heterocycles. The van der Waals surface area contributed by atoms with Crippen molar-refractivity contribution in [3.05, 3.63) is 70.9 Å². The van der Waals surface area contributed by atoms with E-state index in [-0.39, 0.29) is 40.7 Å². The molecule has 0 spiro atoms. The Hall–Kier alpha value is -2.68. The number of hydrogen-bond donors (Lipinski definition) is 4. The summed E-state index contributed by atoms with van der Waals surface area (Å²) in [5.41, 5.74) is 0.736. The average Bonchev–Trinajstić information content (AvgIpc) is 3.23. The van der Waals surface area contributed by atoms with Gasteiger partial charge in [0.2, 0.25) is 0 Å². The van der Waals surface area contributed by atoms with Crippen LogP contribution in [-0.2, 0) is 19.2 Å². The van der Waals surface area contributed by atoms with Crippen molar-refractivity contribution in [3.8, 4) is 0 Å². The fraction of sp³-hybridized carbons (Fsp3) is 0.111. The second-order valence-electron chi connectivity index (χ2n) is 5.05. The molecule has 0 atom stereocenters. The molecule has 9 heteroatoms. The van der Waals surface area contributed by atoms with Crippen LogP contribution in [0.4, 0.5) is 0 Å². The molecule has 0 aromatic rings. The molecule has 8 nitrogen and oxygen atoms in total. The van der Waals surface area contributed by atoms with Gasteiger partial charge in [-0.15, -0.1) is 0 Å². The number of carboxylic acids is 4. The van der Waals surface area contributed by atoms with Crippen LogP contribution in [0.1, 0.15) is 12.8 Å². The van der Waals surface area contributed by atoms with Crippen molar-refractivity contribution in [2.45, 2.75) is 12.8 Å². The maximum absolute atomic E-state index is 10.6. The SMILES string of the molecule is O=C(O)C=C(C(=O)O)C1=CC=CC1.O=C(O)C=C(C(=O)O)C1=CC=CC1.[Na]. The first-order chi connectivity index (χ1) is 12.2. The van der Waals surface area contributed by atoms with E-state index in [0.717, 1.165) is 0 Å². The van der Waals surface area contributed by atoms with Crippen LogP contribution in [-0.4, -0.2) is 73.9 Å². The quantitative estimate of drug-likeness (QED) is 0.399. The Labute approximate surface area is 176 Å². The number of allylic oxidation sites excluding steroid dienone is 6. The van der Waals surface area contributed by atoms with E-state index in [9.17, 15) is 19.2 Å². The van der Waals surface area contributed by atoms with Gasteiger partial charge in [0.05, 0.1) is 11.1 Å². The topological polar surface area (TPSA) is 149 Å². The second kappa shape index (κ2) is 11.8. The smallest absolute Gasteiger partial charge is 0.336 e. The summed E-state index contributed by atoms with van der Waals surface area (Å²) in [5.74, 6) is -4.91. The van der Waals surface area contributed by atoms with Gasteiger partial charge in [0, 0.05) is 41.7 Å². The Morgan fingerprint density at radius 3 is 1.22 bits per heavy atom. The fourth-order valence-corrected chi connectivity index (χ4v) is 2.12. The van der Waals surface area contributed by atoms with Crippen molar-refractivity contribution >= 4 is 53.4 Å². The third-order valence-corrected chi connectivity index (χ3v) is 3.23. The molecular weight excluding hydrogens is 367 g/mol. The second-order valence-corrected chi connectivity index (χ2v) is 5.05. The summed E-state index contributed by atoms with van der Waals surface area (Å²) in [6, 6.07) is 0. The molecule has 0 heterocycles. The molecule has 0 aromatic heterocycles. The van der Waals surface area contributed by atoms with E-state index in [1.807, 2.05) is 0 Å². The van der Waals surface area contributed by atoms with Gasteiger partial charge >= 0.3 is 23.9 Å². The molecule has 0 saturated carbocycles. The van der Waals surface area contributed by atoms with Crippen LogP contribution < -0.4 is 0 Å². The molecule has 0 amide bonds. The molecule has 27 heavy (non-hydrogen) atoms. The molecule has 2 aliphatic carbocycles. The van der Waals surface area contributed by atoms with Crippen molar-refractivity contribution in [2.24, 2.45) is 0 Å². The number of carbonyl (C=O) groups is 4. The third-order valence-electron chi connectivity index (χ3n) is 3.23. The predicted molar refractivity (Wildman–Crippen MR) is 96.1 cm³/mol. The summed E-state index contributed by atoms with van der Waals surface area (Å²) < 4.78 is 0. The maximum atomic E-state index is 10.6. The van der Waals surface area contributed by atoms with Crippen LogP contribution in [0.3, 0.4) is 0 Å². The van der Waals surface area contributed by atoms with Crippen molar-refractivity contribution in [1.29, 1.82) is 0 Å². The van der Waals surface area contributed by atoms with Gasteiger partial charge in [0.25, 0.3) is 0 Å². The van der Waals surface area contributed by atoms with Gasteiger partial charge in [0.15, 0.2) is 0 Å². The minimum absolute atomic E-state index is 0. The van der Waals surface area contributed by atoms with Gasteiger partial charge in [-0.25, -0.2) is 19.2 Å². The van der Waals surface area contributed by atoms with Crippen LogP contribution in [0.15, 0.2) is 70.9 Å². The minimum atomic E-state index is -1.25. The molecule has 137 valence electrons. The van der Waals surface area contributed by atoms with Crippen molar-refractivity contribution in [3.63, 3.8) is 0 Å². The Morgan fingerprint density at radius 2 is 1.04 bits per heavy atom. The van der Waals surface area contributed by atoms with Crippen molar-refractivity contribution in [1.82, 2.24) is 0 Å². The number of carboxylic acid groups (broad SMARTS) is 4. The van der Waals surface area contributed by atoms with Gasteiger partial charge in [-0.1, -0.05) is 36.5 Å². The normalized spacial score (nSPS) is 15.1. The van der Waals surface area contributed by atoms with Gasteiger partial charge < -0.3 is 20.4 Å². The van der Waals surface area contributed by atoms with E-state index < -0.39 is 23.9 Å². The predicted octanol–water partition coefficient (Wildman–Crippen LogP) is 1.56. The molecule has 2 rings (SSSR count). The van der Waals surface area contributed by atoms with E-state index >= 15 is 0 Å². The van der Waals surface area contributed by atoms with Crippen LogP contribution in [0.25, 0.3) is 0 Å². The average molecular weight is 383 g/mol. The maximum Gasteiger partial charge on any atom is 0.336 e. The molecule has 4 N–H and O–H groups in total. The summed E-state index contributed by atoms with van der Waals surface area (Å²) in [4.78, 5) is 41.8. The van der Waals surface area contributed by atoms with Crippen LogP contribution in [0, 0.1) is 0 Å². The van der Waals surface area contributed by atoms with Crippen LogP contribution in [0.2, 0.25) is 0 Å². The summed E-state index contributed by atoms with van der Waals surface area (Å²) in [6.45, 7) is 0. The third kappa shape index (κ3) is 8.50. The Balaban J connectivity index is 0.000000483. The molecule has 1 radical (unpaired) electrons. The summed E-state index contributed by atoms with van der Waals surface area (Å²) >= 11 is 0. The zero-order valence-electron chi connectivity index (χ0n) is 14.5. The monoisotopic (exact) mass is 383 g/mol. The molecule has 2 aliphatic rings. The molecular formula is C18H16NaO8. The van der Waals surface area contributed by atoms with Gasteiger partial charge in [-0.2, -0.15) is 0 Å². The van der Waals surface area contributed by atoms with E-state index in [4.69, 9.17) is 20.4 Å². The minimum Gasteiger partial charge on any atom is -0.478 e.